The van der Waals surface area contributed by atoms with E-state index in [-0.39, 0.29) is 5.54 Å². The molecule has 2 aromatic carbocycles. The van der Waals surface area contributed by atoms with Gasteiger partial charge in [-0.15, -0.1) is 0 Å². The molecule has 2 aliphatic rings. The van der Waals surface area contributed by atoms with Gasteiger partial charge in [0.15, 0.2) is 11.0 Å². The van der Waals surface area contributed by atoms with E-state index in [9.17, 15) is 0 Å². The predicted molar refractivity (Wildman–Crippen MR) is 137 cm³/mol. The normalized spacial score (nSPS) is 25.4. The highest BCUT2D eigenvalue weighted by Gasteiger charge is 2.51. The molecule has 0 amide bonds. The Labute approximate surface area is 196 Å². The number of hydrogen-bond acceptors (Lipinski definition) is 3. The highest BCUT2D eigenvalue weighted by molar-refractivity contribution is 8.13. The van der Waals surface area contributed by atoms with Crippen molar-refractivity contribution in [2.45, 2.75) is 58.9 Å². The standard InChI is InChI=1S/C26H32ClN3S/c1-18-6-10-21(11-7-18)28-23-26(16-14-19(15-17-26)25(2,3)4)30(24(29-23)31-5)22-12-8-20(27)9-13-22/h6-13,19H,14-17H2,1-5H3. The van der Waals surface area contributed by atoms with Crippen molar-refractivity contribution in [2.75, 3.05) is 11.2 Å². The van der Waals surface area contributed by atoms with Crippen LogP contribution in [0.25, 0.3) is 0 Å². The molecule has 164 valence electrons. The van der Waals surface area contributed by atoms with E-state index in [1.165, 1.54) is 18.4 Å². The Morgan fingerprint density at radius 1 is 1.03 bits per heavy atom. The molecule has 3 nitrogen and oxygen atoms in total. The van der Waals surface area contributed by atoms with Crippen LogP contribution in [0.1, 0.15) is 52.0 Å². The van der Waals surface area contributed by atoms with E-state index in [4.69, 9.17) is 21.6 Å². The van der Waals surface area contributed by atoms with Crippen LogP contribution in [0, 0.1) is 18.3 Å². The van der Waals surface area contributed by atoms with Gasteiger partial charge in [0.1, 0.15) is 5.54 Å². The molecule has 1 fully saturated rings. The van der Waals surface area contributed by atoms with E-state index in [0.29, 0.717) is 11.3 Å². The molecule has 5 heteroatoms. The molecule has 1 aliphatic carbocycles. The number of halogens is 1. The summed E-state index contributed by atoms with van der Waals surface area (Å²) in [5, 5.41) is 1.77. The Balaban J connectivity index is 1.79. The van der Waals surface area contributed by atoms with E-state index in [0.717, 1.165) is 40.2 Å². The molecule has 1 aliphatic heterocycles. The fourth-order valence-electron chi connectivity index (χ4n) is 4.89. The summed E-state index contributed by atoms with van der Waals surface area (Å²) < 4.78 is 0. The minimum atomic E-state index is -0.210. The summed E-state index contributed by atoms with van der Waals surface area (Å²) in [6, 6.07) is 16.6. The minimum Gasteiger partial charge on any atom is -0.307 e. The molecular weight excluding hydrogens is 422 g/mol. The lowest BCUT2D eigenvalue weighted by Gasteiger charge is -2.47. The third-order valence-electron chi connectivity index (χ3n) is 6.81. The van der Waals surface area contributed by atoms with E-state index in [2.05, 4.69) is 75.2 Å². The second kappa shape index (κ2) is 8.63. The van der Waals surface area contributed by atoms with Crippen LogP contribution < -0.4 is 4.90 Å². The van der Waals surface area contributed by atoms with Gasteiger partial charge in [-0.3, -0.25) is 0 Å². The lowest BCUT2D eigenvalue weighted by Crippen LogP contribution is -2.54. The smallest absolute Gasteiger partial charge is 0.170 e. The lowest BCUT2D eigenvalue weighted by molar-refractivity contribution is 0.158. The third kappa shape index (κ3) is 4.42. The van der Waals surface area contributed by atoms with E-state index in [1.807, 2.05) is 12.1 Å². The number of aliphatic imine (C=N–C) groups is 2. The summed E-state index contributed by atoms with van der Waals surface area (Å²) in [5.41, 5.74) is 3.47. The molecule has 1 spiro atoms. The van der Waals surface area contributed by atoms with Crippen molar-refractivity contribution in [1.82, 2.24) is 0 Å². The van der Waals surface area contributed by atoms with Crippen molar-refractivity contribution in [3.8, 4) is 0 Å². The molecule has 0 saturated heterocycles. The Kier molecular flexibility index (Phi) is 6.24. The average Bonchev–Trinajstić information content (AvgIpc) is 3.02. The quantitative estimate of drug-likeness (QED) is 0.462. The number of thioether (sulfide) groups is 1. The molecule has 4 rings (SSSR count). The third-order valence-corrected chi connectivity index (χ3v) is 7.70. The summed E-state index contributed by atoms with van der Waals surface area (Å²) in [6.45, 7) is 9.21. The maximum Gasteiger partial charge on any atom is 0.170 e. The number of aryl methyl sites for hydroxylation is 1. The lowest BCUT2D eigenvalue weighted by atomic mass is 9.66. The maximum absolute atomic E-state index is 6.21. The summed E-state index contributed by atoms with van der Waals surface area (Å²) in [7, 11) is 0. The number of nitrogens with zero attached hydrogens (tertiary/aromatic N) is 3. The van der Waals surface area contributed by atoms with Gasteiger partial charge in [0.2, 0.25) is 0 Å². The average molecular weight is 454 g/mol. The zero-order chi connectivity index (χ0) is 22.2. The van der Waals surface area contributed by atoms with Gasteiger partial charge in [-0.25, -0.2) is 9.98 Å². The fourth-order valence-corrected chi connectivity index (χ4v) is 5.66. The van der Waals surface area contributed by atoms with Crippen LogP contribution in [0.5, 0.6) is 0 Å². The zero-order valence-corrected chi connectivity index (χ0v) is 20.7. The van der Waals surface area contributed by atoms with Gasteiger partial charge in [-0.2, -0.15) is 0 Å². The molecule has 0 N–H and O–H groups in total. The van der Waals surface area contributed by atoms with Gasteiger partial charge in [0, 0.05) is 10.7 Å². The first-order valence-corrected chi connectivity index (χ1v) is 12.7. The molecule has 0 bridgehead atoms. The van der Waals surface area contributed by atoms with Crippen LogP contribution >= 0.6 is 23.4 Å². The van der Waals surface area contributed by atoms with Crippen LogP contribution in [0.3, 0.4) is 0 Å². The summed E-state index contributed by atoms with van der Waals surface area (Å²) in [6.07, 6.45) is 6.56. The highest BCUT2D eigenvalue weighted by atomic mass is 35.5. The van der Waals surface area contributed by atoms with Crippen LogP contribution in [-0.4, -0.2) is 22.8 Å². The number of benzene rings is 2. The number of hydrogen-bond donors (Lipinski definition) is 0. The molecular formula is C26H32ClN3S. The van der Waals surface area contributed by atoms with Crippen LogP contribution in [0.15, 0.2) is 58.5 Å². The molecule has 2 aromatic rings. The highest BCUT2D eigenvalue weighted by Crippen LogP contribution is 2.49. The molecule has 1 heterocycles. The van der Waals surface area contributed by atoms with Gasteiger partial charge in [0.05, 0.1) is 5.69 Å². The van der Waals surface area contributed by atoms with Crippen molar-refractivity contribution in [1.29, 1.82) is 0 Å². The minimum absolute atomic E-state index is 0.210. The summed E-state index contributed by atoms with van der Waals surface area (Å²) >= 11 is 7.90. The molecule has 0 radical (unpaired) electrons. The first-order chi connectivity index (χ1) is 14.7. The van der Waals surface area contributed by atoms with Crippen molar-refractivity contribution < 1.29 is 0 Å². The van der Waals surface area contributed by atoms with Crippen molar-refractivity contribution in [3.63, 3.8) is 0 Å². The molecule has 0 atom stereocenters. The van der Waals surface area contributed by atoms with Crippen LogP contribution in [0.4, 0.5) is 11.4 Å². The summed E-state index contributed by atoms with van der Waals surface area (Å²) in [4.78, 5) is 12.6. The van der Waals surface area contributed by atoms with E-state index >= 15 is 0 Å². The molecule has 31 heavy (non-hydrogen) atoms. The summed E-state index contributed by atoms with van der Waals surface area (Å²) in [5.74, 6) is 1.66. The van der Waals surface area contributed by atoms with Gasteiger partial charge < -0.3 is 4.90 Å². The van der Waals surface area contributed by atoms with Gasteiger partial charge in [0.25, 0.3) is 0 Å². The van der Waals surface area contributed by atoms with E-state index < -0.39 is 0 Å². The van der Waals surface area contributed by atoms with Crippen molar-refractivity contribution in [3.05, 3.63) is 59.1 Å². The van der Waals surface area contributed by atoms with E-state index in [1.54, 1.807) is 11.8 Å². The number of amidine groups is 2. The first-order valence-electron chi connectivity index (χ1n) is 11.1. The topological polar surface area (TPSA) is 28.0 Å². The molecule has 1 saturated carbocycles. The first kappa shape index (κ1) is 22.4. The largest absolute Gasteiger partial charge is 0.307 e. The number of anilines is 1. The Bertz CT molecular complexity index is 979. The maximum atomic E-state index is 6.21. The van der Waals surface area contributed by atoms with Crippen molar-refractivity contribution in [2.24, 2.45) is 21.3 Å². The second-order valence-corrected chi connectivity index (χ2v) is 11.1. The van der Waals surface area contributed by atoms with Gasteiger partial charge >= 0.3 is 0 Å². The fraction of sp³-hybridized carbons (Fsp3) is 0.462. The number of rotatable bonds is 2. The van der Waals surface area contributed by atoms with Crippen molar-refractivity contribution >= 4 is 45.7 Å². The molecule has 0 unspecified atom stereocenters. The Morgan fingerprint density at radius 2 is 1.65 bits per heavy atom. The predicted octanol–water partition coefficient (Wildman–Crippen LogP) is 7.89. The monoisotopic (exact) mass is 453 g/mol. The Morgan fingerprint density at radius 3 is 2.19 bits per heavy atom. The molecule has 0 aromatic heterocycles. The van der Waals surface area contributed by atoms with Gasteiger partial charge in [-0.05, 0) is 86.6 Å². The van der Waals surface area contributed by atoms with Gasteiger partial charge in [-0.1, -0.05) is 61.8 Å². The Hall–Kier alpha value is -1.78. The van der Waals surface area contributed by atoms with Crippen LogP contribution in [-0.2, 0) is 0 Å². The van der Waals surface area contributed by atoms with Crippen LogP contribution in [0.2, 0.25) is 5.02 Å². The SMILES string of the molecule is CSC1=NC(=Nc2ccc(C)cc2)C2(CCC(C(C)(C)C)CC2)N1c1ccc(Cl)cc1. The second-order valence-electron chi connectivity index (χ2n) is 9.85. The zero-order valence-electron chi connectivity index (χ0n) is 19.2.